The highest BCUT2D eigenvalue weighted by Crippen LogP contribution is 2.32. The summed E-state index contributed by atoms with van der Waals surface area (Å²) in [5, 5.41) is 4.43. The van der Waals surface area contributed by atoms with Gasteiger partial charge in [-0.2, -0.15) is 9.61 Å². The van der Waals surface area contributed by atoms with Crippen LogP contribution in [0.15, 0.2) is 64.4 Å². The fourth-order valence-electron chi connectivity index (χ4n) is 4.84. The third kappa shape index (κ3) is 4.83. The molecule has 0 spiro atoms. The highest BCUT2D eigenvalue weighted by Gasteiger charge is 2.27. The molecule has 9 heteroatoms. The van der Waals surface area contributed by atoms with E-state index in [1.165, 1.54) is 23.5 Å². The molecule has 3 unspecified atom stereocenters. The quantitative estimate of drug-likeness (QED) is 0.331. The van der Waals surface area contributed by atoms with Gasteiger partial charge in [-0.3, -0.25) is 4.79 Å². The molecule has 0 amide bonds. The Balaban J connectivity index is 1.60. The average molecular weight is 491 g/mol. The molecular weight excluding hydrogens is 460 g/mol. The van der Waals surface area contributed by atoms with Gasteiger partial charge in [0.1, 0.15) is 23.0 Å². The number of hydrogen-bond donors (Lipinski definition) is 0. The van der Waals surface area contributed by atoms with Gasteiger partial charge in [-0.05, 0) is 31.2 Å². The van der Waals surface area contributed by atoms with Gasteiger partial charge < -0.3 is 18.5 Å². The van der Waals surface area contributed by atoms with Crippen LogP contribution in [0.5, 0.6) is 0 Å². The molecule has 188 valence electrons. The Kier molecular flexibility index (Phi) is 6.99. The first-order chi connectivity index (χ1) is 17.5. The Morgan fingerprint density at radius 3 is 2.75 bits per heavy atom. The minimum Gasteiger partial charge on any atom is -0.462 e. The zero-order valence-corrected chi connectivity index (χ0v) is 20.5. The number of esters is 1. The second kappa shape index (κ2) is 10.5. The maximum absolute atomic E-state index is 13.2. The molecule has 3 aromatic heterocycles. The van der Waals surface area contributed by atoms with Crippen LogP contribution < -0.4 is 5.56 Å². The Labute approximate surface area is 208 Å². The molecule has 0 bridgehead atoms. The Morgan fingerprint density at radius 1 is 1.22 bits per heavy atom. The zero-order chi connectivity index (χ0) is 25.1. The normalized spacial score (nSPS) is 18.8. The number of ether oxygens (including phenoxy) is 2. The molecule has 1 aliphatic rings. The van der Waals surface area contributed by atoms with Crippen molar-refractivity contribution in [1.29, 1.82) is 0 Å². The average Bonchev–Trinajstić information content (AvgIpc) is 3.58. The smallest absolute Gasteiger partial charge is 0.345 e. The van der Waals surface area contributed by atoms with Gasteiger partial charge in [-0.25, -0.2) is 9.78 Å². The van der Waals surface area contributed by atoms with Crippen molar-refractivity contribution in [3.05, 3.63) is 76.7 Å². The van der Waals surface area contributed by atoms with E-state index in [4.69, 9.17) is 13.9 Å². The van der Waals surface area contributed by atoms with E-state index in [9.17, 15) is 9.59 Å². The van der Waals surface area contributed by atoms with Crippen molar-refractivity contribution in [2.45, 2.75) is 58.3 Å². The Bertz CT molecular complexity index is 1380. The lowest BCUT2D eigenvalue weighted by atomic mass is 9.87. The monoisotopic (exact) mass is 490 g/mol. The van der Waals surface area contributed by atoms with Gasteiger partial charge in [-0.15, -0.1) is 0 Å². The molecule has 0 saturated heterocycles. The lowest BCUT2D eigenvalue weighted by Gasteiger charge is -2.33. The minimum atomic E-state index is -0.687. The largest absolute Gasteiger partial charge is 0.462 e. The Morgan fingerprint density at radius 2 is 2.03 bits per heavy atom. The molecule has 3 atom stereocenters. The number of fused-ring (bicyclic) bond motifs is 1. The van der Waals surface area contributed by atoms with Gasteiger partial charge in [0.15, 0.2) is 12.2 Å². The fraction of sp³-hybridized carbons (Fsp3) is 0.407. The molecule has 1 saturated carbocycles. The van der Waals surface area contributed by atoms with E-state index in [2.05, 4.69) is 17.0 Å². The van der Waals surface area contributed by atoms with E-state index in [0.29, 0.717) is 29.6 Å². The van der Waals surface area contributed by atoms with E-state index < -0.39 is 11.5 Å². The molecule has 4 aromatic rings. The number of benzene rings is 1. The number of carbonyl (C=O) groups excluding carboxylic acids is 1. The first-order valence-electron chi connectivity index (χ1n) is 12.4. The maximum Gasteiger partial charge on any atom is 0.345 e. The van der Waals surface area contributed by atoms with Crippen molar-refractivity contribution in [3.8, 4) is 11.5 Å². The second-order valence-electron chi connectivity index (χ2n) is 9.22. The van der Waals surface area contributed by atoms with E-state index in [-0.39, 0.29) is 24.4 Å². The molecule has 5 rings (SSSR count). The van der Waals surface area contributed by atoms with Gasteiger partial charge in [0, 0.05) is 12.3 Å². The van der Waals surface area contributed by atoms with Crippen molar-refractivity contribution in [1.82, 2.24) is 19.2 Å². The van der Waals surface area contributed by atoms with Crippen LogP contribution in [0.25, 0.3) is 17.1 Å². The van der Waals surface area contributed by atoms with Gasteiger partial charge in [-0.1, -0.05) is 50.1 Å². The summed E-state index contributed by atoms with van der Waals surface area (Å²) >= 11 is 0. The lowest BCUT2D eigenvalue weighted by molar-refractivity contribution is -0.0636. The highest BCUT2D eigenvalue weighted by molar-refractivity contribution is 5.89. The summed E-state index contributed by atoms with van der Waals surface area (Å²) in [7, 11) is 0. The maximum atomic E-state index is 13.2. The summed E-state index contributed by atoms with van der Waals surface area (Å²) in [4.78, 5) is 29.8. The van der Waals surface area contributed by atoms with Crippen LogP contribution in [0, 0.1) is 5.92 Å². The van der Waals surface area contributed by atoms with Crippen LogP contribution in [-0.4, -0.2) is 37.8 Å². The molecule has 9 nitrogen and oxygen atoms in total. The summed E-state index contributed by atoms with van der Waals surface area (Å²) in [5.41, 5.74) is 1.34. The zero-order valence-electron chi connectivity index (χ0n) is 20.5. The standard InChI is InChI=1S/C27H30N4O5/c1-3-34-27(33)20-15-30(25-13-21(23-14-28-17-35-23)29-31(25)26(20)32)16-24(19-10-5-4-6-11-19)36-22-12-8-7-9-18(22)2/h4-6,10-11,13-15,17-18,22,24H,3,7-9,12,16H2,1-2H3. The molecule has 1 fully saturated rings. The molecule has 3 heterocycles. The van der Waals surface area contributed by atoms with E-state index in [0.717, 1.165) is 24.8 Å². The van der Waals surface area contributed by atoms with Crippen LogP contribution in [0.3, 0.4) is 0 Å². The van der Waals surface area contributed by atoms with Crippen LogP contribution in [-0.2, 0) is 16.0 Å². The number of hydrogen-bond acceptors (Lipinski definition) is 7. The van der Waals surface area contributed by atoms with Crippen molar-refractivity contribution in [3.63, 3.8) is 0 Å². The van der Waals surface area contributed by atoms with Gasteiger partial charge >= 0.3 is 5.97 Å². The number of rotatable bonds is 8. The molecule has 36 heavy (non-hydrogen) atoms. The van der Waals surface area contributed by atoms with Gasteiger partial charge in [0.2, 0.25) is 0 Å². The van der Waals surface area contributed by atoms with E-state index in [1.54, 1.807) is 19.2 Å². The summed E-state index contributed by atoms with van der Waals surface area (Å²) in [6, 6.07) is 11.8. The number of nitrogens with zero attached hydrogens (tertiary/aromatic N) is 4. The summed E-state index contributed by atoms with van der Waals surface area (Å²) in [5.74, 6) is 0.198. The minimum absolute atomic E-state index is 0.0885. The fourth-order valence-corrected chi connectivity index (χ4v) is 4.84. The van der Waals surface area contributed by atoms with Crippen molar-refractivity contribution in [2.75, 3.05) is 6.61 Å². The van der Waals surface area contributed by atoms with Gasteiger partial charge in [0.25, 0.3) is 5.56 Å². The first-order valence-corrected chi connectivity index (χ1v) is 12.4. The SMILES string of the molecule is CCOC(=O)c1cn(CC(OC2CCCCC2C)c2ccccc2)c2cc(-c3cnco3)nn2c1=O. The second-order valence-corrected chi connectivity index (χ2v) is 9.22. The molecule has 1 aliphatic carbocycles. The summed E-state index contributed by atoms with van der Waals surface area (Å²) < 4.78 is 20.3. The molecule has 1 aromatic carbocycles. The Hall–Kier alpha value is -3.72. The highest BCUT2D eigenvalue weighted by atomic mass is 16.5. The third-order valence-electron chi connectivity index (χ3n) is 6.78. The van der Waals surface area contributed by atoms with E-state index >= 15 is 0 Å². The van der Waals surface area contributed by atoms with Crippen molar-refractivity contribution < 1.29 is 18.7 Å². The lowest BCUT2D eigenvalue weighted by Crippen LogP contribution is -2.31. The third-order valence-corrected chi connectivity index (χ3v) is 6.78. The number of carbonyl (C=O) groups is 1. The topological polar surface area (TPSA) is 101 Å². The summed E-state index contributed by atoms with van der Waals surface area (Å²) in [6.45, 7) is 4.48. The molecule has 0 radical (unpaired) electrons. The van der Waals surface area contributed by atoms with Crippen LogP contribution in [0.4, 0.5) is 0 Å². The molecule has 0 aliphatic heterocycles. The van der Waals surface area contributed by atoms with Crippen LogP contribution >= 0.6 is 0 Å². The van der Waals surface area contributed by atoms with Crippen LogP contribution in [0.2, 0.25) is 0 Å². The number of aromatic nitrogens is 4. The first kappa shape index (κ1) is 24.0. The molecule has 0 N–H and O–H groups in total. The molecular formula is C27H30N4O5. The van der Waals surface area contributed by atoms with Crippen LogP contribution in [0.1, 0.15) is 61.6 Å². The predicted molar refractivity (Wildman–Crippen MR) is 133 cm³/mol. The van der Waals surface area contributed by atoms with Gasteiger partial charge in [0.05, 0.1) is 25.5 Å². The number of oxazole rings is 1. The van der Waals surface area contributed by atoms with E-state index in [1.807, 2.05) is 34.9 Å². The predicted octanol–water partition coefficient (Wildman–Crippen LogP) is 4.66. The summed E-state index contributed by atoms with van der Waals surface area (Å²) in [6.07, 6.45) is 8.76. The van der Waals surface area contributed by atoms with Crippen molar-refractivity contribution >= 4 is 11.6 Å². The van der Waals surface area contributed by atoms with Crippen molar-refractivity contribution in [2.24, 2.45) is 5.92 Å².